The molecule has 7 nitrogen and oxygen atoms in total. The van der Waals surface area contributed by atoms with E-state index in [1.807, 2.05) is 11.4 Å². The first kappa shape index (κ1) is 24.4. The molecule has 1 aromatic heterocycles. The fourth-order valence-electron chi connectivity index (χ4n) is 4.26. The van der Waals surface area contributed by atoms with Crippen molar-refractivity contribution in [2.75, 3.05) is 29.3 Å². The predicted molar refractivity (Wildman–Crippen MR) is 137 cm³/mol. The van der Waals surface area contributed by atoms with E-state index in [0.29, 0.717) is 28.8 Å². The van der Waals surface area contributed by atoms with Gasteiger partial charge in [0.15, 0.2) is 5.13 Å². The van der Waals surface area contributed by atoms with Gasteiger partial charge in [-0.25, -0.2) is 13.4 Å². The van der Waals surface area contributed by atoms with E-state index in [0.717, 1.165) is 25.3 Å². The van der Waals surface area contributed by atoms with Gasteiger partial charge >= 0.3 is 0 Å². The Morgan fingerprint density at radius 2 is 1.91 bits per heavy atom. The number of benzene rings is 2. The Morgan fingerprint density at radius 1 is 1.18 bits per heavy atom. The fraction of sp³-hybridized carbons (Fsp3) is 0.360. The summed E-state index contributed by atoms with van der Waals surface area (Å²) in [6.45, 7) is 7.32. The number of hydrogen-bond acceptors (Lipinski definition) is 6. The first-order valence-electron chi connectivity index (χ1n) is 11.5. The Labute approximate surface area is 205 Å². The zero-order chi connectivity index (χ0) is 24.1. The topological polar surface area (TPSA) is 82.6 Å². The normalized spacial score (nSPS) is 16.8. The molecule has 4 rings (SSSR count). The Morgan fingerprint density at radius 3 is 2.59 bits per heavy atom. The van der Waals surface area contributed by atoms with E-state index in [-0.39, 0.29) is 10.8 Å². The van der Waals surface area contributed by atoms with Crippen LogP contribution in [0.3, 0.4) is 0 Å². The average molecular weight is 499 g/mol. The molecule has 0 radical (unpaired) electrons. The highest BCUT2D eigenvalue weighted by molar-refractivity contribution is 7.92. The molecule has 0 bridgehead atoms. The number of hydrogen-bond donors (Lipinski definition) is 1. The van der Waals surface area contributed by atoms with Gasteiger partial charge in [0, 0.05) is 30.6 Å². The number of nitrogens with zero attached hydrogens (tertiary/aromatic N) is 3. The van der Waals surface area contributed by atoms with Gasteiger partial charge in [0.2, 0.25) is 0 Å². The molecule has 0 spiro atoms. The standard InChI is InChI=1S/C25H30N4O3S2/c1-3-29(22-9-5-4-6-10-22)34(31,32)23-13-11-20(12-14-23)24(30)27-25-26-21(18-33-25)17-28-15-7-8-19(2)16-28/h4-6,9-14,18-19H,3,7-8,15-17H2,1-2H3,(H,26,27,30). The summed E-state index contributed by atoms with van der Waals surface area (Å²) >= 11 is 1.40. The van der Waals surface area contributed by atoms with Gasteiger partial charge in [-0.3, -0.25) is 19.3 Å². The molecule has 2 heterocycles. The minimum absolute atomic E-state index is 0.141. The lowest BCUT2D eigenvalue weighted by molar-refractivity contribution is 0.102. The minimum Gasteiger partial charge on any atom is -0.298 e. The molecule has 2 aromatic carbocycles. The maximum atomic E-state index is 13.1. The van der Waals surface area contributed by atoms with E-state index >= 15 is 0 Å². The molecule has 1 atom stereocenters. The quantitative estimate of drug-likeness (QED) is 0.480. The number of carbonyl (C=O) groups is 1. The number of carbonyl (C=O) groups excluding carboxylic acids is 1. The Kier molecular flexibility index (Phi) is 7.65. The molecule has 3 aromatic rings. The molecule has 9 heteroatoms. The van der Waals surface area contributed by atoms with Crippen LogP contribution < -0.4 is 9.62 Å². The van der Waals surface area contributed by atoms with Gasteiger partial charge in [-0.2, -0.15) is 0 Å². The average Bonchev–Trinajstić information content (AvgIpc) is 3.26. The minimum atomic E-state index is -3.73. The van der Waals surface area contributed by atoms with Crippen molar-refractivity contribution < 1.29 is 13.2 Å². The maximum absolute atomic E-state index is 13.1. The molecular weight excluding hydrogens is 468 g/mol. The van der Waals surface area contributed by atoms with Crippen molar-refractivity contribution >= 4 is 38.1 Å². The van der Waals surface area contributed by atoms with Gasteiger partial charge in [-0.15, -0.1) is 11.3 Å². The van der Waals surface area contributed by atoms with Crippen LogP contribution >= 0.6 is 11.3 Å². The van der Waals surface area contributed by atoms with Crippen molar-refractivity contribution in [2.24, 2.45) is 5.92 Å². The third-order valence-electron chi connectivity index (χ3n) is 5.93. The van der Waals surface area contributed by atoms with Gasteiger partial charge in [-0.1, -0.05) is 25.1 Å². The number of rotatable bonds is 8. The second kappa shape index (κ2) is 10.7. The van der Waals surface area contributed by atoms with E-state index in [1.165, 1.54) is 52.7 Å². The summed E-state index contributed by atoms with van der Waals surface area (Å²) in [6, 6.07) is 15.0. The van der Waals surface area contributed by atoms with Crippen LogP contribution in [0, 0.1) is 5.92 Å². The van der Waals surface area contributed by atoms with Crippen molar-refractivity contribution in [2.45, 2.75) is 38.1 Å². The highest BCUT2D eigenvalue weighted by Crippen LogP contribution is 2.24. The Hall–Kier alpha value is -2.75. The smallest absolute Gasteiger partial charge is 0.264 e. The third-order valence-corrected chi connectivity index (χ3v) is 8.66. The van der Waals surface area contributed by atoms with E-state index in [9.17, 15) is 13.2 Å². The number of aromatic nitrogens is 1. The van der Waals surface area contributed by atoms with E-state index < -0.39 is 10.0 Å². The largest absolute Gasteiger partial charge is 0.298 e. The van der Waals surface area contributed by atoms with E-state index in [1.54, 1.807) is 31.2 Å². The number of para-hydroxylation sites is 1. The molecule has 1 N–H and O–H groups in total. The van der Waals surface area contributed by atoms with Crippen LogP contribution in [0.2, 0.25) is 0 Å². The highest BCUT2D eigenvalue weighted by Gasteiger charge is 2.24. The van der Waals surface area contributed by atoms with Gasteiger partial charge in [0.25, 0.3) is 15.9 Å². The summed E-state index contributed by atoms with van der Waals surface area (Å²) in [7, 11) is -3.73. The number of thiazole rings is 1. The van der Waals surface area contributed by atoms with Crippen LogP contribution in [0.15, 0.2) is 64.9 Å². The number of anilines is 2. The molecule has 1 saturated heterocycles. The Balaban J connectivity index is 1.41. The molecule has 180 valence electrons. The van der Waals surface area contributed by atoms with Crippen molar-refractivity contribution in [1.82, 2.24) is 9.88 Å². The van der Waals surface area contributed by atoms with Crippen molar-refractivity contribution in [1.29, 1.82) is 0 Å². The van der Waals surface area contributed by atoms with Crippen LogP contribution in [0.1, 0.15) is 42.7 Å². The van der Waals surface area contributed by atoms with Crippen LogP contribution in [0.4, 0.5) is 10.8 Å². The molecule has 1 aliphatic heterocycles. The van der Waals surface area contributed by atoms with E-state index in [4.69, 9.17) is 0 Å². The Bertz CT molecular complexity index is 1210. The summed E-state index contributed by atoms with van der Waals surface area (Å²) in [5, 5.41) is 5.36. The number of amides is 1. The summed E-state index contributed by atoms with van der Waals surface area (Å²) in [6.07, 6.45) is 2.49. The lowest BCUT2D eigenvalue weighted by Crippen LogP contribution is -2.33. The van der Waals surface area contributed by atoms with Crippen molar-refractivity contribution in [3.8, 4) is 0 Å². The molecule has 1 amide bonds. The monoisotopic (exact) mass is 498 g/mol. The maximum Gasteiger partial charge on any atom is 0.264 e. The highest BCUT2D eigenvalue weighted by atomic mass is 32.2. The second-order valence-electron chi connectivity index (χ2n) is 8.61. The first-order chi connectivity index (χ1) is 16.4. The van der Waals surface area contributed by atoms with Gasteiger partial charge < -0.3 is 0 Å². The molecular formula is C25H30N4O3S2. The zero-order valence-corrected chi connectivity index (χ0v) is 21.1. The lowest BCUT2D eigenvalue weighted by Gasteiger charge is -2.30. The van der Waals surface area contributed by atoms with Crippen molar-refractivity contribution in [3.63, 3.8) is 0 Å². The molecule has 34 heavy (non-hydrogen) atoms. The lowest BCUT2D eigenvalue weighted by atomic mass is 10.0. The van der Waals surface area contributed by atoms with Crippen LogP contribution in [-0.2, 0) is 16.6 Å². The van der Waals surface area contributed by atoms with Gasteiger partial charge in [0.05, 0.1) is 16.3 Å². The number of likely N-dealkylation sites (tertiary alicyclic amines) is 1. The molecule has 1 aliphatic rings. The SMILES string of the molecule is CCN(c1ccccc1)S(=O)(=O)c1ccc(C(=O)Nc2nc(CN3CCCC(C)C3)cs2)cc1. The first-order valence-corrected chi connectivity index (χ1v) is 13.8. The predicted octanol–water partition coefficient (Wildman–Crippen LogP) is 4.84. The zero-order valence-electron chi connectivity index (χ0n) is 19.5. The third kappa shape index (κ3) is 5.65. The summed E-state index contributed by atoms with van der Waals surface area (Å²) in [5.74, 6) is 0.391. The molecule has 1 fully saturated rings. The molecule has 1 unspecified atom stereocenters. The van der Waals surface area contributed by atoms with Crippen LogP contribution in [0.25, 0.3) is 0 Å². The molecule has 0 aliphatic carbocycles. The van der Waals surface area contributed by atoms with Crippen LogP contribution in [-0.4, -0.2) is 43.8 Å². The number of sulfonamides is 1. The second-order valence-corrected chi connectivity index (χ2v) is 11.3. The number of nitrogens with one attached hydrogen (secondary N) is 1. The van der Waals surface area contributed by atoms with Gasteiger partial charge in [-0.05, 0) is 68.6 Å². The molecule has 0 saturated carbocycles. The summed E-state index contributed by atoms with van der Waals surface area (Å²) in [4.78, 5) is 19.8. The van der Waals surface area contributed by atoms with Crippen molar-refractivity contribution in [3.05, 3.63) is 71.2 Å². The summed E-state index contributed by atoms with van der Waals surface area (Å²) in [5.41, 5.74) is 1.94. The number of piperidine rings is 1. The van der Waals surface area contributed by atoms with Gasteiger partial charge in [0.1, 0.15) is 0 Å². The summed E-state index contributed by atoms with van der Waals surface area (Å²) < 4.78 is 27.6. The van der Waals surface area contributed by atoms with Crippen LogP contribution in [0.5, 0.6) is 0 Å². The van der Waals surface area contributed by atoms with E-state index in [2.05, 4.69) is 22.1 Å². The fourth-order valence-corrected chi connectivity index (χ4v) is 6.43.